The van der Waals surface area contributed by atoms with Crippen LogP contribution in [0.25, 0.3) is 11.3 Å². The Balaban J connectivity index is 1.84. The van der Waals surface area contributed by atoms with Gasteiger partial charge in [-0.05, 0) is 29.7 Å². The van der Waals surface area contributed by atoms with E-state index in [1.54, 1.807) is 6.20 Å². The summed E-state index contributed by atoms with van der Waals surface area (Å²) in [5.41, 5.74) is 3.89. The molecule has 0 radical (unpaired) electrons. The Morgan fingerprint density at radius 1 is 1.37 bits per heavy atom. The van der Waals surface area contributed by atoms with Crippen LogP contribution >= 0.6 is 0 Å². The monoisotopic (exact) mass is 257 g/mol. The van der Waals surface area contributed by atoms with Crippen LogP contribution in [0, 0.1) is 0 Å². The maximum absolute atomic E-state index is 11.3. The fraction of sp³-hybridized carbons (Fsp3) is 0.286. The fourth-order valence-corrected chi connectivity index (χ4v) is 2.28. The third-order valence-electron chi connectivity index (χ3n) is 3.24. The van der Waals surface area contributed by atoms with Gasteiger partial charge in [0.05, 0.1) is 18.3 Å². The maximum Gasteiger partial charge on any atom is 0.228 e. The minimum Gasteiger partial charge on any atom is -0.396 e. The summed E-state index contributed by atoms with van der Waals surface area (Å²) in [5.74, 6) is 0.916. The molecular weight excluding hydrogens is 242 g/mol. The molecule has 1 aliphatic heterocycles. The molecule has 1 aliphatic rings. The zero-order valence-corrected chi connectivity index (χ0v) is 10.4. The molecule has 0 fully saturated rings. The number of aliphatic hydroxyl groups is 1. The molecule has 0 spiro atoms. The van der Waals surface area contributed by atoms with Gasteiger partial charge in [-0.25, -0.2) is 4.98 Å². The summed E-state index contributed by atoms with van der Waals surface area (Å²) >= 11 is 0. The quantitative estimate of drug-likeness (QED) is 0.776. The van der Waals surface area contributed by atoms with Crippen molar-refractivity contribution in [2.45, 2.75) is 19.3 Å². The van der Waals surface area contributed by atoms with E-state index in [2.05, 4.69) is 15.3 Å². The molecule has 5 nitrogen and oxygen atoms in total. The van der Waals surface area contributed by atoms with Crippen molar-refractivity contribution in [3.63, 3.8) is 0 Å². The van der Waals surface area contributed by atoms with Crippen LogP contribution in [0.4, 0.5) is 5.69 Å². The van der Waals surface area contributed by atoms with Crippen molar-refractivity contribution in [3.05, 3.63) is 35.8 Å². The van der Waals surface area contributed by atoms with Crippen molar-refractivity contribution >= 4 is 11.6 Å². The van der Waals surface area contributed by atoms with Gasteiger partial charge in [0.25, 0.3) is 0 Å². The second kappa shape index (κ2) is 4.85. The lowest BCUT2D eigenvalue weighted by atomic mass is 10.1. The number of imidazole rings is 1. The zero-order valence-electron chi connectivity index (χ0n) is 10.4. The van der Waals surface area contributed by atoms with Crippen LogP contribution in [0.3, 0.4) is 0 Å². The molecule has 3 rings (SSSR count). The molecule has 98 valence electrons. The van der Waals surface area contributed by atoms with Gasteiger partial charge in [-0.1, -0.05) is 6.07 Å². The first kappa shape index (κ1) is 11.9. The van der Waals surface area contributed by atoms with Crippen molar-refractivity contribution in [2.75, 3.05) is 11.9 Å². The molecule has 0 atom stereocenters. The first-order chi connectivity index (χ1) is 9.26. The number of amides is 1. The highest BCUT2D eigenvalue weighted by Crippen LogP contribution is 2.28. The number of benzene rings is 1. The molecule has 0 unspecified atom stereocenters. The second-order valence-electron chi connectivity index (χ2n) is 4.67. The van der Waals surface area contributed by atoms with E-state index in [-0.39, 0.29) is 12.5 Å². The third kappa shape index (κ3) is 2.37. The molecular formula is C14H15N3O2. The minimum absolute atomic E-state index is 0.0420. The van der Waals surface area contributed by atoms with E-state index in [0.29, 0.717) is 12.8 Å². The van der Waals surface area contributed by atoms with Gasteiger partial charge < -0.3 is 15.4 Å². The molecule has 2 heterocycles. The number of fused-ring (bicyclic) bond motifs is 1. The Morgan fingerprint density at radius 2 is 2.26 bits per heavy atom. The highest BCUT2D eigenvalue weighted by molar-refractivity contribution is 5.99. The number of aromatic amines is 1. The zero-order chi connectivity index (χ0) is 13.2. The van der Waals surface area contributed by atoms with Crippen molar-refractivity contribution in [1.29, 1.82) is 0 Å². The van der Waals surface area contributed by atoms with Gasteiger partial charge in [0.15, 0.2) is 0 Å². The summed E-state index contributed by atoms with van der Waals surface area (Å²) in [6.45, 7) is 0.169. The summed E-state index contributed by atoms with van der Waals surface area (Å²) in [4.78, 5) is 18.8. The van der Waals surface area contributed by atoms with Crippen molar-refractivity contribution in [1.82, 2.24) is 9.97 Å². The first-order valence-electron chi connectivity index (χ1n) is 6.34. The standard InChI is InChI=1S/C14H15N3O2/c18-5-1-2-13-15-8-12(16-13)9-3-4-11-10(6-9)7-14(19)17-11/h3-4,6,8,18H,1-2,5,7H2,(H,15,16)(H,17,19). The highest BCUT2D eigenvalue weighted by Gasteiger charge is 2.18. The number of hydrogen-bond acceptors (Lipinski definition) is 3. The van der Waals surface area contributed by atoms with E-state index in [0.717, 1.165) is 34.8 Å². The molecule has 19 heavy (non-hydrogen) atoms. The van der Waals surface area contributed by atoms with Gasteiger partial charge >= 0.3 is 0 Å². The second-order valence-corrected chi connectivity index (χ2v) is 4.67. The molecule has 1 amide bonds. The predicted octanol–water partition coefficient (Wildman–Crippen LogP) is 1.50. The molecule has 0 saturated heterocycles. The van der Waals surface area contributed by atoms with Crippen LogP contribution in [0.5, 0.6) is 0 Å². The normalized spacial score (nSPS) is 13.4. The van der Waals surface area contributed by atoms with E-state index < -0.39 is 0 Å². The summed E-state index contributed by atoms with van der Waals surface area (Å²) in [6, 6.07) is 5.90. The van der Waals surface area contributed by atoms with Crippen molar-refractivity contribution in [3.8, 4) is 11.3 Å². The van der Waals surface area contributed by atoms with Crippen molar-refractivity contribution in [2.24, 2.45) is 0 Å². The van der Waals surface area contributed by atoms with Gasteiger partial charge in [0, 0.05) is 18.7 Å². The molecule has 1 aromatic heterocycles. The van der Waals surface area contributed by atoms with Crippen LogP contribution in [-0.4, -0.2) is 27.6 Å². The van der Waals surface area contributed by atoms with Gasteiger partial charge in [-0.2, -0.15) is 0 Å². The summed E-state index contributed by atoms with van der Waals surface area (Å²) in [7, 11) is 0. The smallest absolute Gasteiger partial charge is 0.228 e. The molecule has 5 heteroatoms. The maximum atomic E-state index is 11.3. The van der Waals surface area contributed by atoms with E-state index in [4.69, 9.17) is 5.11 Å². The van der Waals surface area contributed by atoms with Crippen LogP contribution in [0.2, 0.25) is 0 Å². The lowest BCUT2D eigenvalue weighted by Crippen LogP contribution is -2.03. The fourth-order valence-electron chi connectivity index (χ4n) is 2.28. The van der Waals surface area contributed by atoms with Crippen LogP contribution in [-0.2, 0) is 17.6 Å². The Bertz CT molecular complexity index is 619. The number of anilines is 1. The van der Waals surface area contributed by atoms with Gasteiger partial charge in [0.2, 0.25) is 5.91 Å². The highest BCUT2D eigenvalue weighted by atomic mass is 16.2. The van der Waals surface area contributed by atoms with Gasteiger partial charge in [-0.15, -0.1) is 0 Å². The van der Waals surface area contributed by atoms with Crippen LogP contribution in [0.1, 0.15) is 17.8 Å². The number of carbonyl (C=O) groups is 1. The average Bonchev–Trinajstić information content (AvgIpc) is 3.00. The Morgan fingerprint density at radius 3 is 3.11 bits per heavy atom. The minimum atomic E-state index is 0.0420. The number of nitrogens with one attached hydrogen (secondary N) is 2. The average molecular weight is 257 g/mol. The number of hydrogen-bond donors (Lipinski definition) is 3. The number of aryl methyl sites for hydroxylation is 1. The van der Waals surface area contributed by atoms with E-state index in [1.807, 2.05) is 18.2 Å². The third-order valence-corrected chi connectivity index (χ3v) is 3.24. The van der Waals surface area contributed by atoms with E-state index >= 15 is 0 Å². The molecule has 0 bridgehead atoms. The molecule has 0 aliphatic carbocycles. The lowest BCUT2D eigenvalue weighted by Gasteiger charge is -2.02. The Hall–Kier alpha value is -2.14. The first-order valence-corrected chi connectivity index (χ1v) is 6.34. The molecule has 3 N–H and O–H groups in total. The van der Waals surface area contributed by atoms with Gasteiger partial charge in [0.1, 0.15) is 5.82 Å². The lowest BCUT2D eigenvalue weighted by molar-refractivity contribution is -0.115. The summed E-state index contributed by atoms with van der Waals surface area (Å²) < 4.78 is 0. The Kier molecular flexibility index (Phi) is 3.05. The van der Waals surface area contributed by atoms with Crippen molar-refractivity contribution < 1.29 is 9.90 Å². The SMILES string of the molecule is O=C1Cc2cc(-c3cnc(CCCO)[nH]3)ccc2N1. The van der Waals surface area contributed by atoms with Gasteiger partial charge in [-0.3, -0.25) is 4.79 Å². The number of nitrogens with zero attached hydrogens (tertiary/aromatic N) is 1. The predicted molar refractivity (Wildman–Crippen MR) is 71.8 cm³/mol. The molecule has 0 saturated carbocycles. The van der Waals surface area contributed by atoms with Crippen LogP contribution < -0.4 is 5.32 Å². The number of rotatable bonds is 4. The number of aliphatic hydroxyl groups excluding tert-OH is 1. The summed E-state index contributed by atoms with van der Waals surface area (Å²) in [6.07, 6.45) is 3.67. The molecule has 2 aromatic rings. The number of carbonyl (C=O) groups excluding carboxylic acids is 1. The Labute approximate surface area is 110 Å². The summed E-state index contributed by atoms with van der Waals surface area (Å²) in [5, 5.41) is 11.6. The molecule has 1 aromatic carbocycles. The topological polar surface area (TPSA) is 78.0 Å². The number of aromatic nitrogens is 2. The van der Waals surface area contributed by atoms with E-state index in [9.17, 15) is 4.79 Å². The largest absolute Gasteiger partial charge is 0.396 e. The number of H-pyrrole nitrogens is 1. The van der Waals surface area contributed by atoms with Crippen LogP contribution in [0.15, 0.2) is 24.4 Å². The van der Waals surface area contributed by atoms with E-state index in [1.165, 1.54) is 0 Å².